The van der Waals surface area contributed by atoms with Crippen LogP contribution in [-0.4, -0.2) is 6.04 Å². The average Bonchev–Trinajstić information content (AvgIpc) is 2.48. The molecular formula is C21H29N. The maximum absolute atomic E-state index is 2.40. The Kier molecular flexibility index (Phi) is 5.28. The van der Waals surface area contributed by atoms with Crippen molar-refractivity contribution in [1.29, 1.82) is 0 Å². The van der Waals surface area contributed by atoms with Gasteiger partial charge in [0.05, 0.1) is 0 Å². The van der Waals surface area contributed by atoms with Crippen LogP contribution in [0.4, 0.5) is 11.4 Å². The third kappa shape index (κ3) is 3.71. The van der Waals surface area contributed by atoms with Gasteiger partial charge in [0, 0.05) is 17.4 Å². The maximum atomic E-state index is 2.40. The second-order valence-electron chi connectivity index (χ2n) is 6.96. The minimum absolute atomic E-state index is 0.426. The smallest absolute Gasteiger partial charge is 0.0413 e. The van der Waals surface area contributed by atoms with Crippen LogP contribution in [0, 0.1) is 0 Å². The van der Waals surface area contributed by atoms with Crippen LogP contribution in [0.25, 0.3) is 0 Å². The molecule has 0 aliphatic heterocycles. The lowest BCUT2D eigenvalue weighted by Crippen LogP contribution is -2.25. The molecule has 0 saturated carbocycles. The maximum Gasteiger partial charge on any atom is 0.0413 e. The van der Waals surface area contributed by atoms with Crippen molar-refractivity contribution in [1.82, 2.24) is 0 Å². The quantitative estimate of drug-likeness (QED) is 0.610. The molecule has 0 aromatic heterocycles. The molecule has 0 amide bonds. The van der Waals surface area contributed by atoms with Crippen molar-refractivity contribution in [3.05, 3.63) is 59.7 Å². The van der Waals surface area contributed by atoms with E-state index >= 15 is 0 Å². The zero-order valence-electron chi connectivity index (χ0n) is 14.8. The monoisotopic (exact) mass is 295 g/mol. The van der Waals surface area contributed by atoms with E-state index in [2.05, 4.69) is 95.0 Å². The minimum atomic E-state index is 0.426. The summed E-state index contributed by atoms with van der Waals surface area (Å²) in [6.45, 7) is 13.4. The lowest BCUT2D eigenvalue weighted by molar-refractivity contribution is 0.786. The molecule has 0 atom stereocenters. The molecule has 0 fully saturated rings. The first-order valence-corrected chi connectivity index (χ1v) is 8.39. The summed E-state index contributed by atoms with van der Waals surface area (Å²) in [5.41, 5.74) is 5.30. The Morgan fingerprint density at radius 2 is 0.864 bits per heavy atom. The number of hydrogen-bond donors (Lipinski definition) is 0. The van der Waals surface area contributed by atoms with Crippen LogP contribution in [0.1, 0.15) is 64.5 Å². The number of hydrogen-bond acceptors (Lipinski definition) is 1. The molecule has 0 N–H and O–H groups in total. The topological polar surface area (TPSA) is 3.24 Å². The second-order valence-corrected chi connectivity index (χ2v) is 6.96. The minimum Gasteiger partial charge on any atom is -0.339 e. The lowest BCUT2D eigenvalue weighted by Gasteiger charge is -2.30. The third-order valence-corrected chi connectivity index (χ3v) is 4.19. The first-order valence-electron chi connectivity index (χ1n) is 8.39. The van der Waals surface area contributed by atoms with E-state index in [9.17, 15) is 0 Å². The Morgan fingerprint density at radius 3 is 1.09 bits per heavy atom. The summed E-state index contributed by atoms with van der Waals surface area (Å²) in [5, 5.41) is 0. The fourth-order valence-electron chi connectivity index (χ4n) is 2.79. The molecule has 0 heterocycles. The van der Waals surface area contributed by atoms with Gasteiger partial charge in [0.2, 0.25) is 0 Å². The van der Waals surface area contributed by atoms with E-state index in [0.717, 1.165) is 0 Å². The van der Waals surface area contributed by atoms with E-state index in [1.165, 1.54) is 22.5 Å². The molecule has 0 saturated heterocycles. The van der Waals surface area contributed by atoms with Crippen LogP contribution < -0.4 is 4.90 Å². The lowest BCUT2D eigenvalue weighted by atomic mass is 10.0. The largest absolute Gasteiger partial charge is 0.339 e. The predicted octanol–water partition coefficient (Wildman–Crippen LogP) is 6.48. The Hall–Kier alpha value is -1.76. The highest BCUT2D eigenvalue weighted by molar-refractivity contribution is 5.64. The van der Waals surface area contributed by atoms with E-state index in [0.29, 0.717) is 17.9 Å². The van der Waals surface area contributed by atoms with Crippen LogP contribution in [0.5, 0.6) is 0 Å². The Balaban J connectivity index is 2.33. The van der Waals surface area contributed by atoms with Crippen LogP contribution in [0.15, 0.2) is 48.5 Å². The number of anilines is 2. The van der Waals surface area contributed by atoms with Crippen molar-refractivity contribution in [2.24, 2.45) is 0 Å². The van der Waals surface area contributed by atoms with Crippen LogP contribution in [-0.2, 0) is 0 Å². The third-order valence-electron chi connectivity index (χ3n) is 4.19. The van der Waals surface area contributed by atoms with Gasteiger partial charge in [0.25, 0.3) is 0 Å². The average molecular weight is 295 g/mol. The Morgan fingerprint density at radius 1 is 0.545 bits per heavy atom. The van der Waals surface area contributed by atoms with Gasteiger partial charge in [-0.05, 0) is 61.1 Å². The van der Waals surface area contributed by atoms with Crippen molar-refractivity contribution in [2.75, 3.05) is 4.90 Å². The van der Waals surface area contributed by atoms with Crippen molar-refractivity contribution in [2.45, 2.75) is 59.4 Å². The van der Waals surface area contributed by atoms with Gasteiger partial charge < -0.3 is 4.90 Å². The highest BCUT2D eigenvalue weighted by Crippen LogP contribution is 2.30. The van der Waals surface area contributed by atoms with Crippen molar-refractivity contribution in [3.63, 3.8) is 0 Å². The van der Waals surface area contributed by atoms with E-state index < -0.39 is 0 Å². The van der Waals surface area contributed by atoms with Crippen LogP contribution in [0.3, 0.4) is 0 Å². The van der Waals surface area contributed by atoms with Gasteiger partial charge in [-0.15, -0.1) is 0 Å². The Bertz CT molecular complexity index is 525. The summed E-state index contributed by atoms with van der Waals surface area (Å²) in [5.74, 6) is 1.15. The van der Waals surface area contributed by atoms with E-state index in [4.69, 9.17) is 0 Å². The first-order chi connectivity index (χ1) is 10.4. The van der Waals surface area contributed by atoms with Gasteiger partial charge in [-0.3, -0.25) is 0 Å². The normalized spacial score (nSPS) is 11.5. The molecule has 0 radical (unpaired) electrons. The molecule has 1 heteroatoms. The standard InChI is InChI=1S/C21H29N/c1-15(2)18-7-11-20(12-8-18)22(17(5)6)21-13-9-19(10-14-21)16(3)4/h7-17H,1-6H3. The van der Waals surface area contributed by atoms with E-state index in [1.54, 1.807) is 0 Å². The number of rotatable bonds is 5. The summed E-state index contributed by atoms with van der Waals surface area (Å²) in [4.78, 5) is 2.40. The van der Waals surface area contributed by atoms with Gasteiger partial charge in [0.15, 0.2) is 0 Å². The molecule has 0 unspecified atom stereocenters. The molecule has 0 aliphatic rings. The highest BCUT2D eigenvalue weighted by atomic mass is 15.2. The van der Waals surface area contributed by atoms with Crippen molar-refractivity contribution in [3.8, 4) is 0 Å². The predicted molar refractivity (Wildman–Crippen MR) is 98.3 cm³/mol. The fourth-order valence-corrected chi connectivity index (χ4v) is 2.79. The fraction of sp³-hybridized carbons (Fsp3) is 0.429. The molecule has 118 valence electrons. The molecule has 2 aromatic carbocycles. The van der Waals surface area contributed by atoms with E-state index in [1.807, 2.05) is 0 Å². The van der Waals surface area contributed by atoms with Crippen molar-refractivity contribution >= 4 is 11.4 Å². The van der Waals surface area contributed by atoms with Gasteiger partial charge in [0.1, 0.15) is 0 Å². The summed E-state index contributed by atoms with van der Waals surface area (Å²) in [7, 11) is 0. The summed E-state index contributed by atoms with van der Waals surface area (Å²) in [6, 6.07) is 18.4. The molecule has 22 heavy (non-hydrogen) atoms. The van der Waals surface area contributed by atoms with Gasteiger partial charge in [-0.25, -0.2) is 0 Å². The highest BCUT2D eigenvalue weighted by Gasteiger charge is 2.13. The zero-order valence-corrected chi connectivity index (χ0v) is 14.8. The Labute approximate surface area is 136 Å². The molecule has 0 aliphatic carbocycles. The van der Waals surface area contributed by atoms with Gasteiger partial charge >= 0.3 is 0 Å². The van der Waals surface area contributed by atoms with Gasteiger partial charge in [-0.2, -0.15) is 0 Å². The molecule has 2 rings (SSSR count). The van der Waals surface area contributed by atoms with E-state index in [-0.39, 0.29) is 0 Å². The second kappa shape index (κ2) is 7.00. The van der Waals surface area contributed by atoms with Crippen LogP contribution in [0.2, 0.25) is 0 Å². The number of nitrogens with zero attached hydrogens (tertiary/aromatic N) is 1. The van der Waals surface area contributed by atoms with Crippen molar-refractivity contribution < 1.29 is 0 Å². The molecule has 0 spiro atoms. The summed E-state index contributed by atoms with van der Waals surface area (Å²) >= 11 is 0. The molecular weight excluding hydrogens is 266 g/mol. The molecule has 0 bridgehead atoms. The van der Waals surface area contributed by atoms with Crippen LogP contribution >= 0.6 is 0 Å². The summed E-state index contributed by atoms with van der Waals surface area (Å²) in [6.07, 6.45) is 0. The SMILES string of the molecule is CC(C)c1ccc(N(c2ccc(C(C)C)cc2)C(C)C)cc1. The van der Waals surface area contributed by atoms with Gasteiger partial charge in [-0.1, -0.05) is 52.0 Å². The molecule has 1 nitrogen and oxygen atoms in total. The zero-order chi connectivity index (χ0) is 16.3. The molecule has 2 aromatic rings. The first kappa shape index (κ1) is 16.6. The number of benzene rings is 2. The summed E-state index contributed by atoms with van der Waals surface area (Å²) < 4.78 is 0.